The van der Waals surface area contributed by atoms with E-state index < -0.39 is 18.4 Å². The van der Waals surface area contributed by atoms with Gasteiger partial charge in [-0.25, -0.2) is 0 Å². The Bertz CT molecular complexity index is 477. The Kier molecular flexibility index (Phi) is 10.3. The Labute approximate surface area is 155 Å². The number of unbranched alkanes of at least 4 members (excludes halogenated alkanes) is 3. The molecule has 1 nitrogen and oxygen atoms in total. The Morgan fingerprint density at radius 3 is 1.62 bits per heavy atom. The molecule has 0 aliphatic rings. The van der Waals surface area contributed by atoms with E-state index in [2.05, 4.69) is 59.7 Å². The Morgan fingerprint density at radius 1 is 0.833 bits per heavy atom. The van der Waals surface area contributed by atoms with Gasteiger partial charge in [-0.2, -0.15) is 0 Å². The SMILES string of the molecule is CCC[CH2][Sn]([CH2]CCC)([CH2]CCC)[C](C)=Nc1c(C)cccc1C. The molecule has 2 heteroatoms. The predicted molar refractivity (Wildman–Crippen MR) is 114 cm³/mol. The van der Waals surface area contributed by atoms with Gasteiger partial charge in [-0.05, 0) is 0 Å². The summed E-state index contributed by atoms with van der Waals surface area (Å²) in [7, 11) is 0. The van der Waals surface area contributed by atoms with Crippen LogP contribution in [0.4, 0.5) is 5.69 Å². The van der Waals surface area contributed by atoms with Crippen LogP contribution in [-0.4, -0.2) is 22.1 Å². The van der Waals surface area contributed by atoms with Crippen molar-refractivity contribution in [2.24, 2.45) is 4.99 Å². The van der Waals surface area contributed by atoms with Gasteiger partial charge >= 0.3 is 155 Å². The van der Waals surface area contributed by atoms with Crippen LogP contribution < -0.4 is 0 Å². The van der Waals surface area contributed by atoms with Crippen molar-refractivity contribution in [3.05, 3.63) is 29.3 Å². The van der Waals surface area contributed by atoms with Gasteiger partial charge in [0.25, 0.3) is 0 Å². The van der Waals surface area contributed by atoms with Crippen LogP contribution >= 0.6 is 0 Å². The number of benzene rings is 1. The second kappa shape index (κ2) is 11.3. The van der Waals surface area contributed by atoms with Gasteiger partial charge in [0.05, 0.1) is 0 Å². The van der Waals surface area contributed by atoms with Crippen molar-refractivity contribution in [1.29, 1.82) is 0 Å². The van der Waals surface area contributed by atoms with Crippen LogP contribution in [0.2, 0.25) is 13.3 Å². The summed E-state index contributed by atoms with van der Waals surface area (Å²) in [4.78, 5) is 5.30. The van der Waals surface area contributed by atoms with E-state index in [9.17, 15) is 0 Å². The van der Waals surface area contributed by atoms with E-state index in [0.717, 1.165) is 0 Å². The molecule has 1 aromatic rings. The topological polar surface area (TPSA) is 12.4 Å². The maximum atomic E-state index is 5.30. The van der Waals surface area contributed by atoms with Crippen molar-refractivity contribution in [2.75, 3.05) is 0 Å². The second-order valence-electron chi connectivity index (χ2n) is 7.53. The first-order valence-electron chi connectivity index (χ1n) is 10.1. The van der Waals surface area contributed by atoms with Gasteiger partial charge in [0.2, 0.25) is 0 Å². The summed E-state index contributed by atoms with van der Waals surface area (Å²) in [6.07, 6.45) is 8.20. The van der Waals surface area contributed by atoms with Gasteiger partial charge in [0.1, 0.15) is 0 Å². The zero-order valence-electron chi connectivity index (χ0n) is 17.0. The number of para-hydroxylation sites is 1. The van der Waals surface area contributed by atoms with Crippen molar-refractivity contribution in [2.45, 2.75) is 93.4 Å². The van der Waals surface area contributed by atoms with E-state index in [1.165, 1.54) is 68.6 Å². The molecule has 0 spiro atoms. The van der Waals surface area contributed by atoms with Crippen molar-refractivity contribution in [3.63, 3.8) is 0 Å². The molecule has 136 valence electrons. The number of hydrogen-bond donors (Lipinski definition) is 0. The third-order valence-corrected chi connectivity index (χ3v) is 21.4. The molecule has 0 radical (unpaired) electrons. The molecule has 0 aliphatic carbocycles. The molecule has 0 atom stereocenters. The van der Waals surface area contributed by atoms with Gasteiger partial charge in [-0.15, -0.1) is 0 Å². The fraction of sp³-hybridized carbons (Fsp3) is 0.682. The molecule has 0 unspecified atom stereocenters. The number of rotatable bonds is 11. The second-order valence-corrected chi connectivity index (χ2v) is 21.2. The first-order chi connectivity index (χ1) is 11.5. The fourth-order valence-corrected chi connectivity index (χ4v) is 18.8. The molecule has 0 saturated carbocycles. The number of aliphatic imine (C=N–C) groups is 1. The predicted octanol–water partition coefficient (Wildman–Crippen LogP) is 7.78. The zero-order chi connectivity index (χ0) is 18.0. The third kappa shape index (κ3) is 6.20. The minimum atomic E-state index is -2.33. The minimum absolute atomic E-state index is 1.25. The van der Waals surface area contributed by atoms with Crippen molar-refractivity contribution in [3.8, 4) is 0 Å². The van der Waals surface area contributed by atoms with Crippen molar-refractivity contribution in [1.82, 2.24) is 0 Å². The summed E-state index contributed by atoms with van der Waals surface area (Å²) in [5.74, 6) is 0. The summed E-state index contributed by atoms with van der Waals surface area (Å²) in [6, 6.07) is 6.57. The molecule has 0 bridgehead atoms. The molecule has 0 heterocycles. The van der Waals surface area contributed by atoms with Crippen LogP contribution in [0.5, 0.6) is 0 Å². The van der Waals surface area contributed by atoms with Gasteiger partial charge < -0.3 is 0 Å². The molecule has 0 amide bonds. The number of hydrogen-bond acceptors (Lipinski definition) is 1. The average Bonchev–Trinajstić information content (AvgIpc) is 2.58. The molecule has 0 aromatic heterocycles. The maximum absolute atomic E-state index is 5.30. The molecule has 24 heavy (non-hydrogen) atoms. The van der Waals surface area contributed by atoms with E-state index in [0.29, 0.717) is 0 Å². The Morgan fingerprint density at radius 2 is 1.25 bits per heavy atom. The fourth-order valence-electron chi connectivity index (χ4n) is 3.73. The van der Waals surface area contributed by atoms with Gasteiger partial charge in [0.15, 0.2) is 0 Å². The number of aryl methyl sites for hydroxylation is 2. The van der Waals surface area contributed by atoms with E-state index in [-0.39, 0.29) is 0 Å². The van der Waals surface area contributed by atoms with Crippen LogP contribution in [0.3, 0.4) is 0 Å². The van der Waals surface area contributed by atoms with Crippen molar-refractivity contribution < 1.29 is 0 Å². The first-order valence-corrected chi connectivity index (χ1v) is 17.6. The Hall–Kier alpha value is -0.311. The van der Waals surface area contributed by atoms with E-state index in [1.807, 2.05) is 0 Å². The molecule has 0 saturated heterocycles. The Balaban J connectivity index is 3.24. The zero-order valence-corrected chi connectivity index (χ0v) is 19.9. The van der Waals surface area contributed by atoms with E-state index >= 15 is 0 Å². The standard InChI is InChI=1S/C10H12N.3C4H9.Sn/c1-4-11-10-8(2)6-5-7-9(10)3;3*1-3-4-2;/h5-7H,1-3H3;3*1,3-4H2,2H3;. The molecular weight excluding hydrogens is 397 g/mol. The summed E-state index contributed by atoms with van der Waals surface area (Å²) in [6.45, 7) is 13.8. The van der Waals surface area contributed by atoms with Crippen LogP contribution in [0.15, 0.2) is 23.2 Å². The van der Waals surface area contributed by atoms with E-state index in [1.54, 1.807) is 3.73 Å². The van der Waals surface area contributed by atoms with Crippen LogP contribution in [-0.2, 0) is 0 Å². The van der Waals surface area contributed by atoms with Gasteiger partial charge in [0, 0.05) is 0 Å². The molecule has 0 N–H and O–H groups in total. The average molecular weight is 436 g/mol. The number of nitrogens with zero attached hydrogens (tertiary/aromatic N) is 1. The molecule has 0 aliphatic heterocycles. The van der Waals surface area contributed by atoms with Gasteiger partial charge in [-0.3, -0.25) is 0 Å². The van der Waals surface area contributed by atoms with Crippen molar-refractivity contribution >= 4 is 27.8 Å². The molecule has 0 fully saturated rings. The van der Waals surface area contributed by atoms with Crippen LogP contribution in [0, 0.1) is 13.8 Å². The summed E-state index contributed by atoms with van der Waals surface area (Å²) >= 11 is -2.33. The molecule has 1 aromatic carbocycles. The quantitative estimate of drug-likeness (QED) is 0.248. The monoisotopic (exact) mass is 437 g/mol. The van der Waals surface area contributed by atoms with Crippen LogP contribution in [0.1, 0.15) is 77.3 Å². The summed E-state index contributed by atoms with van der Waals surface area (Å²) in [5, 5.41) is 0. The molecular formula is C22H39NSn. The normalized spacial score (nSPS) is 12.7. The first kappa shape index (κ1) is 21.7. The summed E-state index contributed by atoms with van der Waals surface area (Å²) in [5.41, 5.74) is 3.91. The molecule has 1 rings (SSSR count). The van der Waals surface area contributed by atoms with Gasteiger partial charge in [-0.1, -0.05) is 0 Å². The third-order valence-electron chi connectivity index (χ3n) is 5.51. The summed E-state index contributed by atoms with van der Waals surface area (Å²) < 4.78 is 6.10. The van der Waals surface area contributed by atoms with Crippen LogP contribution in [0.25, 0.3) is 0 Å². The van der Waals surface area contributed by atoms with E-state index in [4.69, 9.17) is 4.99 Å².